The van der Waals surface area contributed by atoms with Crippen molar-refractivity contribution in [1.82, 2.24) is 0 Å². The smallest absolute Gasteiger partial charge is 0.307 e. The zero-order valence-corrected chi connectivity index (χ0v) is 13.2. The summed E-state index contributed by atoms with van der Waals surface area (Å²) in [7, 11) is 0. The molecule has 0 aliphatic rings. The van der Waals surface area contributed by atoms with Crippen LogP contribution in [0.1, 0.15) is 71.1 Å². The SMILES string of the molecule is CCCCCCCCCCCC(CI)C(=O)O. The number of alkyl halides is 1. The number of hydrogen-bond donors (Lipinski definition) is 1. The van der Waals surface area contributed by atoms with Gasteiger partial charge in [-0.3, -0.25) is 4.79 Å². The second-order valence-electron chi connectivity index (χ2n) is 4.81. The van der Waals surface area contributed by atoms with Crippen molar-refractivity contribution in [3.63, 3.8) is 0 Å². The molecule has 0 aliphatic heterocycles. The minimum Gasteiger partial charge on any atom is -0.481 e. The van der Waals surface area contributed by atoms with E-state index in [0.717, 1.165) is 17.3 Å². The Balaban J connectivity index is 3.20. The van der Waals surface area contributed by atoms with Gasteiger partial charge < -0.3 is 5.11 Å². The fourth-order valence-electron chi connectivity index (χ4n) is 1.97. The number of aliphatic carboxylic acids is 1. The molecule has 1 N–H and O–H groups in total. The molecule has 0 saturated heterocycles. The highest BCUT2D eigenvalue weighted by atomic mass is 127. The number of carboxylic acid groups (broad SMARTS) is 1. The molecular weight excluding hydrogens is 327 g/mol. The van der Waals surface area contributed by atoms with Gasteiger partial charge in [0.15, 0.2) is 0 Å². The fraction of sp³-hybridized carbons (Fsp3) is 0.929. The lowest BCUT2D eigenvalue weighted by Gasteiger charge is -2.08. The molecule has 0 radical (unpaired) electrons. The third-order valence-corrected chi connectivity index (χ3v) is 4.25. The molecule has 0 spiro atoms. The highest BCUT2D eigenvalue weighted by molar-refractivity contribution is 14.1. The van der Waals surface area contributed by atoms with Crippen LogP contribution in [0.15, 0.2) is 0 Å². The molecular formula is C14H27IO2. The Morgan fingerprint density at radius 1 is 1.00 bits per heavy atom. The van der Waals surface area contributed by atoms with Crippen LogP contribution in [-0.4, -0.2) is 15.5 Å². The predicted octanol–water partition coefficient (Wildman–Crippen LogP) is 5.04. The number of halogens is 1. The van der Waals surface area contributed by atoms with E-state index < -0.39 is 5.97 Å². The average molecular weight is 354 g/mol. The van der Waals surface area contributed by atoms with E-state index in [9.17, 15) is 4.79 Å². The van der Waals surface area contributed by atoms with E-state index in [1.165, 1.54) is 51.4 Å². The Morgan fingerprint density at radius 2 is 1.47 bits per heavy atom. The lowest BCUT2D eigenvalue weighted by Crippen LogP contribution is -2.14. The number of unbranched alkanes of at least 4 members (excludes halogenated alkanes) is 8. The molecule has 0 fully saturated rings. The minimum absolute atomic E-state index is 0.125. The van der Waals surface area contributed by atoms with Crippen LogP contribution in [0, 0.1) is 5.92 Å². The van der Waals surface area contributed by atoms with Crippen LogP contribution in [0.4, 0.5) is 0 Å². The third-order valence-electron chi connectivity index (χ3n) is 3.19. The van der Waals surface area contributed by atoms with Gasteiger partial charge in [0.1, 0.15) is 0 Å². The van der Waals surface area contributed by atoms with Gasteiger partial charge in [-0.2, -0.15) is 0 Å². The van der Waals surface area contributed by atoms with E-state index in [-0.39, 0.29) is 5.92 Å². The van der Waals surface area contributed by atoms with Crippen molar-refractivity contribution in [2.45, 2.75) is 71.1 Å². The van der Waals surface area contributed by atoms with Gasteiger partial charge in [0.05, 0.1) is 5.92 Å². The standard InChI is InChI=1S/C14H27IO2/c1-2-3-4-5-6-7-8-9-10-11-13(12-15)14(16)17/h13H,2-12H2,1H3,(H,16,17). The van der Waals surface area contributed by atoms with Crippen LogP contribution >= 0.6 is 22.6 Å². The Bertz CT molecular complexity index is 183. The van der Waals surface area contributed by atoms with Crippen LogP contribution in [-0.2, 0) is 4.79 Å². The lowest BCUT2D eigenvalue weighted by molar-refractivity contribution is -0.141. The van der Waals surface area contributed by atoms with Gasteiger partial charge in [0.2, 0.25) is 0 Å². The molecule has 1 atom stereocenters. The maximum absolute atomic E-state index is 10.8. The molecule has 3 heteroatoms. The molecule has 1 unspecified atom stereocenters. The van der Waals surface area contributed by atoms with Crippen molar-refractivity contribution in [3.8, 4) is 0 Å². The Morgan fingerprint density at radius 3 is 1.88 bits per heavy atom. The highest BCUT2D eigenvalue weighted by Gasteiger charge is 2.14. The monoisotopic (exact) mass is 354 g/mol. The summed E-state index contributed by atoms with van der Waals surface area (Å²) >= 11 is 2.17. The van der Waals surface area contributed by atoms with Crippen LogP contribution in [0.25, 0.3) is 0 Å². The summed E-state index contributed by atoms with van der Waals surface area (Å²) < 4.78 is 0.740. The molecule has 0 aromatic carbocycles. The predicted molar refractivity (Wildman–Crippen MR) is 81.9 cm³/mol. The quantitative estimate of drug-likeness (QED) is 0.303. The molecule has 0 saturated carbocycles. The first-order valence-corrected chi connectivity index (χ1v) is 8.53. The van der Waals surface area contributed by atoms with Crippen molar-refractivity contribution in [3.05, 3.63) is 0 Å². The van der Waals surface area contributed by atoms with Gasteiger partial charge in [-0.25, -0.2) is 0 Å². The Labute approximate surface area is 120 Å². The summed E-state index contributed by atoms with van der Waals surface area (Å²) in [4.78, 5) is 10.8. The maximum atomic E-state index is 10.8. The molecule has 0 bridgehead atoms. The molecule has 0 heterocycles. The summed E-state index contributed by atoms with van der Waals surface area (Å²) in [5.74, 6) is -0.751. The van der Waals surface area contributed by atoms with E-state index in [0.29, 0.717) is 0 Å². The molecule has 0 aromatic rings. The van der Waals surface area contributed by atoms with Crippen LogP contribution < -0.4 is 0 Å². The van der Waals surface area contributed by atoms with E-state index in [4.69, 9.17) is 5.11 Å². The van der Waals surface area contributed by atoms with Gasteiger partial charge in [-0.15, -0.1) is 0 Å². The zero-order valence-electron chi connectivity index (χ0n) is 11.1. The van der Waals surface area contributed by atoms with Crippen LogP contribution in [0.2, 0.25) is 0 Å². The van der Waals surface area contributed by atoms with E-state index in [2.05, 4.69) is 29.5 Å². The number of carboxylic acids is 1. The van der Waals surface area contributed by atoms with Crippen molar-refractivity contribution in [2.75, 3.05) is 4.43 Å². The van der Waals surface area contributed by atoms with Crippen molar-refractivity contribution in [2.24, 2.45) is 5.92 Å². The summed E-state index contributed by atoms with van der Waals surface area (Å²) in [6.07, 6.45) is 12.5. The average Bonchev–Trinajstić information content (AvgIpc) is 2.31. The Kier molecular flexibility index (Phi) is 12.8. The molecule has 0 amide bonds. The summed E-state index contributed by atoms with van der Waals surface area (Å²) in [5.41, 5.74) is 0. The molecule has 17 heavy (non-hydrogen) atoms. The topological polar surface area (TPSA) is 37.3 Å². The molecule has 102 valence electrons. The third kappa shape index (κ3) is 11.0. The van der Waals surface area contributed by atoms with E-state index >= 15 is 0 Å². The number of rotatable bonds is 12. The second kappa shape index (κ2) is 12.7. The van der Waals surface area contributed by atoms with Crippen LogP contribution in [0.3, 0.4) is 0 Å². The van der Waals surface area contributed by atoms with Crippen molar-refractivity contribution >= 4 is 28.6 Å². The van der Waals surface area contributed by atoms with Gasteiger partial charge >= 0.3 is 5.97 Å². The summed E-state index contributed by atoms with van der Waals surface area (Å²) in [6, 6.07) is 0. The maximum Gasteiger partial charge on any atom is 0.307 e. The van der Waals surface area contributed by atoms with E-state index in [1.807, 2.05) is 0 Å². The summed E-state index contributed by atoms with van der Waals surface area (Å²) in [6.45, 7) is 2.24. The first kappa shape index (κ1) is 17.2. The number of hydrogen-bond acceptors (Lipinski definition) is 1. The molecule has 0 rings (SSSR count). The number of carbonyl (C=O) groups is 1. The zero-order chi connectivity index (χ0) is 12.9. The van der Waals surface area contributed by atoms with Gasteiger partial charge in [-0.05, 0) is 6.42 Å². The van der Waals surface area contributed by atoms with Gasteiger partial charge in [0, 0.05) is 4.43 Å². The first-order valence-electron chi connectivity index (χ1n) is 7.01. The first-order chi connectivity index (χ1) is 8.22. The molecule has 0 aliphatic carbocycles. The summed E-state index contributed by atoms with van der Waals surface area (Å²) in [5, 5.41) is 8.89. The normalized spacial score (nSPS) is 12.6. The molecule has 0 aromatic heterocycles. The van der Waals surface area contributed by atoms with Gasteiger partial charge in [-0.1, -0.05) is 87.3 Å². The highest BCUT2D eigenvalue weighted by Crippen LogP contribution is 2.15. The van der Waals surface area contributed by atoms with Crippen molar-refractivity contribution in [1.29, 1.82) is 0 Å². The molecule has 2 nitrogen and oxygen atoms in total. The second-order valence-corrected chi connectivity index (χ2v) is 5.69. The largest absolute Gasteiger partial charge is 0.481 e. The Hall–Kier alpha value is 0.200. The van der Waals surface area contributed by atoms with Crippen molar-refractivity contribution < 1.29 is 9.90 Å². The minimum atomic E-state index is -0.626. The van der Waals surface area contributed by atoms with E-state index in [1.54, 1.807) is 0 Å². The van der Waals surface area contributed by atoms with Gasteiger partial charge in [0.25, 0.3) is 0 Å². The fourth-order valence-corrected chi connectivity index (χ4v) is 2.79. The lowest BCUT2D eigenvalue weighted by atomic mass is 10.0. The van der Waals surface area contributed by atoms with Crippen LogP contribution in [0.5, 0.6) is 0 Å².